The molecule has 1 aromatic carbocycles. The minimum absolute atomic E-state index is 0.00642. The summed E-state index contributed by atoms with van der Waals surface area (Å²) in [6.07, 6.45) is 1.69. The smallest absolute Gasteiger partial charge is 0.273 e. The van der Waals surface area contributed by atoms with Crippen LogP contribution in [-0.2, 0) is 0 Å². The van der Waals surface area contributed by atoms with Crippen LogP contribution < -0.4 is 5.32 Å². The van der Waals surface area contributed by atoms with Gasteiger partial charge in [-0.05, 0) is 6.07 Å². The molecule has 1 unspecified atom stereocenters. The molecule has 2 aromatic rings. The van der Waals surface area contributed by atoms with Crippen LogP contribution >= 0.6 is 11.3 Å². The lowest BCUT2D eigenvalue weighted by Crippen LogP contribution is -2.27. The Morgan fingerprint density at radius 2 is 2.33 bits per heavy atom. The molecule has 1 atom stereocenters. The number of carbonyl (C=O) groups excluding carboxylic acids is 1. The Hall–Kier alpha value is -2.48. The summed E-state index contributed by atoms with van der Waals surface area (Å²) in [5.41, 5.74) is -0.257. The average molecular weight is 307 g/mol. The number of carbonyl (C=O) groups is 1. The quantitative estimate of drug-likeness (QED) is 0.651. The first-order valence-electron chi connectivity index (χ1n) is 6.14. The molecular weight excluding hydrogens is 294 g/mol. The summed E-state index contributed by atoms with van der Waals surface area (Å²) in [5, 5.41) is 25.7. The van der Waals surface area contributed by atoms with Gasteiger partial charge in [-0.2, -0.15) is 0 Å². The highest BCUT2D eigenvalue weighted by atomic mass is 32.1. The van der Waals surface area contributed by atoms with Gasteiger partial charge in [-0.15, -0.1) is 11.3 Å². The Balaban J connectivity index is 2.02. The number of nitrogens with one attached hydrogen (secondary N) is 1. The second-order valence-electron chi connectivity index (χ2n) is 4.44. The number of phenols is 1. The number of hydrogen-bond acceptors (Lipinski definition) is 6. The van der Waals surface area contributed by atoms with Gasteiger partial charge in [0.1, 0.15) is 5.75 Å². The minimum Gasteiger partial charge on any atom is -0.507 e. The van der Waals surface area contributed by atoms with Gasteiger partial charge in [0.2, 0.25) is 0 Å². The van der Waals surface area contributed by atoms with Gasteiger partial charge in [-0.25, -0.2) is 4.98 Å². The average Bonchev–Trinajstić information content (AvgIpc) is 2.98. The van der Waals surface area contributed by atoms with E-state index < -0.39 is 16.6 Å². The van der Waals surface area contributed by atoms with E-state index in [4.69, 9.17) is 0 Å². The maximum atomic E-state index is 12.0. The molecule has 0 aliphatic carbocycles. The molecule has 0 spiro atoms. The van der Waals surface area contributed by atoms with E-state index in [2.05, 4.69) is 10.3 Å². The molecular formula is C13H13N3O4S. The predicted molar refractivity (Wildman–Crippen MR) is 77.6 cm³/mol. The summed E-state index contributed by atoms with van der Waals surface area (Å²) in [4.78, 5) is 26.1. The monoisotopic (exact) mass is 307 g/mol. The number of aromatic nitrogens is 1. The van der Waals surface area contributed by atoms with Crippen LogP contribution in [0.4, 0.5) is 5.69 Å². The Morgan fingerprint density at radius 1 is 1.57 bits per heavy atom. The fourth-order valence-electron chi connectivity index (χ4n) is 1.73. The molecule has 0 saturated carbocycles. The first-order chi connectivity index (χ1) is 9.99. The molecule has 0 aliphatic rings. The van der Waals surface area contributed by atoms with Gasteiger partial charge in [0.15, 0.2) is 0 Å². The van der Waals surface area contributed by atoms with Gasteiger partial charge in [0, 0.05) is 30.1 Å². The molecule has 2 rings (SSSR count). The van der Waals surface area contributed by atoms with Gasteiger partial charge in [0.25, 0.3) is 11.6 Å². The molecule has 0 radical (unpaired) electrons. The van der Waals surface area contributed by atoms with E-state index in [-0.39, 0.29) is 17.2 Å². The topological polar surface area (TPSA) is 105 Å². The van der Waals surface area contributed by atoms with Crippen LogP contribution in [0.25, 0.3) is 0 Å². The molecule has 8 heteroatoms. The number of nitrogens with zero attached hydrogens (tertiary/aromatic N) is 2. The number of rotatable bonds is 5. The van der Waals surface area contributed by atoms with Gasteiger partial charge >= 0.3 is 0 Å². The number of benzene rings is 1. The van der Waals surface area contributed by atoms with Gasteiger partial charge < -0.3 is 10.4 Å². The number of phenolic OH excluding ortho intramolecular Hbond substituents is 1. The van der Waals surface area contributed by atoms with Gasteiger partial charge in [-0.1, -0.05) is 6.92 Å². The van der Waals surface area contributed by atoms with Crippen molar-refractivity contribution in [3.05, 3.63) is 50.5 Å². The van der Waals surface area contributed by atoms with Crippen molar-refractivity contribution in [2.75, 3.05) is 6.54 Å². The number of amides is 1. The Labute approximate surface area is 124 Å². The van der Waals surface area contributed by atoms with Crippen molar-refractivity contribution < 1.29 is 14.8 Å². The van der Waals surface area contributed by atoms with Crippen molar-refractivity contribution in [1.29, 1.82) is 0 Å². The minimum atomic E-state index is -0.633. The molecule has 0 bridgehead atoms. The van der Waals surface area contributed by atoms with Gasteiger partial charge in [-0.3, -0.25) is 14.9 Å². The summed E-state index contributed by atoms with van der Waals surface area (Å²) < 4.78 is 0. The van der Waals surface area contributed by atoms with Crippen molar-refractivity contribution in [3.63, 3.8) is 0 Å². The maximum Gasteiger partial charge on any atom is 0.273 e. The molecule has 1 aromatic heterocycles. The normalized spacial score (nSPS) is 11.9. The lowest BCUT2D eigenvalue weighted by molar-refractivity contribution is -0.384. The molecule has 0 aliphatic heterocycles. The highest BCUT2D eigenvalue weighted by Crippen LogP contribution is 2.23. The number of non-ortho nitro benzene ring substituents is 1. The number of nitro benzene ring substituents is 1. The Kier molecular flexibility index (Phi) is 4.49. The van der Waals surface area contributed by atoms with Gasteiger partial charge in [0.05, 0.1) is 21.6 Å². The molecule has 1 amide bonds. The number of aromatic hydroxyl groups is 1. The zero-order valence-corrected chi connectivity index (χ0v) is 12.0. The third-order valence-corrected chi connectivity index (χ3v) is 3.89. The second-order valence-corrected chi connectivity index (χ2v) is 5.37. The van der Waals surface area contributed by atoms with Crippen LogP contribution in [0.5, 0.6) is 5.75 Å². The molecule has 1 heterocycles. The summed E-state index contributed by atoms with van der Waals surface area (Å²) >= 11 is 1.50. The van der Waals surface area contributed by atoms with Crippen molar-refractivity contribution in [2.45, 2.75) is 12.8 Å². The zero-order chi connectivity index (χ0) is 15.4. The lowest BCUT2D eigenvalue weighted by Gasteiger charge is -2.10. The highest BCUT2D eigenvalue weighted by Gasteiger charge is 2.17. The van der Waals surface area contributed by atoms with Crippen LogP contribution in [0.2, 0.25) is 0 Å². The molecule has 7 nitrogen and oxygen atoms in total. The summed E-state index contributed by atoms with van der Waals surface area (Å²) in [5.74, 6) is -0.844. The largest absolute Gasteiger partial charge is 0.507 e. The van der Waals surface area contributed by atoms with E-state index in [0.717, 1.165) is 11.1 Å². The fraction of sp³-hybridized carbons (Fsp3) is 0.231. The Bertz CT molecular complexity index is 657. The molecule has 21 heavy (non-hydrogen) atoms. The van der Waals surface area contributed by atoms with Crippen molar-refractivity contribution in [1.82, 2.24) is 10.3 Å². The van der Waals surface area contributed by atoms with E-state index in [0.29, 0.717) is 6.54 Å². The van der Waals surface area contributed by atoms with Crippen LogP contribution in [0.15, 0.2) is 29.8 Å². The third-order valence-electron chi connectivity index (χ3n) is 2.88. The standard InChI is InChI=1S/C13H13N3O4S/c1-8(13-14-4-5-21-13)7-15-12(18)10-3-2-9(16(19)20)6-11(10)17/h2-6,8,17H,7H2,1H3,(H,15,18). The van der Waals surface area contributed by atoms with Crippen LogP contribution in [0.3, 0.4) is 0 Å². The first kappa shape index (κ1) is 14.9. The summed E-state index contributed by atoms with van der Waals surface area (Å²) in [7, 11) is 0. The highest BCUT2D eigenvalue weighted by molar-refractivity contribution is 7.09. The van der Waals surface area contributed by atoms with E-state index >= 15 is 0 Å². The summed E-state index contributed by atoms with van der Waals surface area (Å²) in [6, 6.07) is 3.37. The molecule has 110 valence electrons. The van der Waals surface area contributed by atoms with E-state index in [1.807, 2.05) is 12.3 Å². The Morgan fingerprint density at radius 3 is 2.90 bits per heavy atom. The predicted octanol–water partition coefficient (Wildman–Crippen LogP) is 2.29. The number of hydrogen-bond donors (Lipinski definition) is 2. The van der Waals surface area contributed by atoms with Crippen LogP contribution in [-0.4, -0.2) is 27.5 Å². The first-order valence-corrected chi connectivity index (χ1v) is 7.02. The van der Waals surface area contributed by atoms with E-state index in [1.54, 1.807) is 6.20 Å². The molecule has 0 fully saturated rings. The zero-order valence-electron chi connectivity index (χ0n) is 11.1. The van der Waals surface area contributed by atoms with Crippen LogP contribution in [0.1, 0.15) is 28.2 Å². The van der Waals surface area contributed by atoms with Crippen molar-refractivity contribution in [2.24, 2.45) is 0 Å². The molecule has 0 saturated heterocycles. The lowest BCUT2D eigenvalue weighted by atomic mass is 10.1. The number of thiazole rings is 1. The van der Waals surface area contributed by atoms with Crippen molar-refractivity contribution in [3.8, 4) is 5.75 Å². The SMILES string of the molecule is CC(CNC(=O)c1ccc([N+](=O)[O-])cc1O)c1nccs1. The number of nitro groups is 1. The summed E-state index contributed by atoms with van der Waals surface area (Å²) in [6.45, 7) is 2.29. The fourth-order valence-corrected chi connectivity index (χ4v) is 2.43. The van der Waals surface area contributed by atoms with Crippen LogP contribution in [0, 0.1) is 10.1 Å². The van der Waals surface area contributed by atoms with E-state index in [9.17, 15) is 20.0 Å². The van der Waals surface area contributed by atoms with Crippen molar-refractivity contribution >= 4 is 22.9 Å². The maximum absolute atomic E-state index is 12.0. The third kappa shape index (κ3) is 3.54. The van der Waals surface area contributed by atoms with E-state index in [1.165, 1.54) is 23.5 Å². The molecule has 2 N–H and O–H groups in total. The second kappa shape index (κ2) is 6.31.